The van der Waals surface area contributed by atoms with Crippen molar-refractivity contribution in [3.05, 3.63) is 174 Å². The van der Waals surface area contributed by atoms with E-state index in [0.717, 1.165) is 28.9 Å². The van der Waals surface area contributed by atoms with Crippen molar-refractivity contribution in [1.29, 1.82) is 0 Å². The minimum Gasteiger partial charge on any atom is -0.358 e. The zero-order valence-electron chi connectivity index (χ0n) is 31.8. The molecule has 0 amide bonds. The summed E-state index contributed by atoms with van der Waals surface area (Å²) in [7, 11) is 1.74. The molecule has 1 aliphatic carbocycles. The molecule has 274 valence electrons. The van der Waals surface area contributed by atoms with Crippen molar-refractivity contribution in [1.82, 2.24) is 19.9 Å². The van der Waals surface area contributed by atoms with Crippen LogP contribution in [0.5, 0.6) is 0 Å². The number of amidine groups is 1. The van der Waals surface area contributed by atoms with E-state index in [1.807, 2.05) is 73.7 Å². The quantitative estimate of drug-likeness (QED) is 0.0958. The number of thiophene rings is 1. The summed E-state index contributed by atoms with van der Waals surface area (Å²) in [6.45, 7) is 6.49. The number of rotatable bonds is 3. The molecule has 4 aromatic heterocycles. The molecule has 7 heteroatoms. The number of para-hydroxylation sites is 2. The molecule has 9 aromatic rings. The molecule has 10 rings (SSSR count). The second kappa shape index (κ2) is 17.2. The van der Waals surface area contributed by atoms with Crippen molar-refractivity contribution in [3.8, 4) is 0 Å². The van der Waals surface area contributed by atoms with E-state index in [1.54, 1.807) is 7.05 Å². The van der Waals surface area contributed by atoms with Crippen LogP contribution in [-0.2, 0) is 6.42 Å². The number of nitrogens with one attached hydrogen (secondary N) is 2. The molecule has 0 spiro atoms. The summed E-state index contributed by atoms with van der Waals surface area (Å²) in [5.74, 6) is 0.832. The Morgan fingerprint density at radius 3 is 2.15 bits per heavy atom. The van der Waals surface area contributed by atoms with Gasteiger partial charge in [-0.15, -0.1) is 11.3 Å². The first kappa shape index (κ1) is 37.1. The summed E-state index contributed by atoms with van der Waals surface area (Å²) in [6.07, 6.45) is 9.76. The third-order valence-corrected chi connectivity index (χ3v) is 10.7. The molecule has 0 fully saturated rings. The van der Waals surface area contributed by atoms with Crippen LogP contribution in [0.2, 0.25) is 0 Å². The number of hydrogen-bond acceptors (Lipinski definition) is 4. The molecule has 4 N–H and O–H groups in total. The van der Waals surface area contributed by atoms with Gasteiger partial charge in [0.1, 0.15) is 5.84 Å². The smallest absolute Gasteiger partial charge is 0.128 e. The Balaban J connectivity index is 0.000000183. The highest BCUT2D eigenvalue weighted by atomic mass is 32.1. The number of allylic oxidation sites excluding steroid dienone is 3. The summed E-state index contributed by atoms with van der Waals surface area (Å²) >= 11 is 1.84. The molecule has 0 unspecified atom stereocenters. The van der Waals surface area contributed by atoms with Gasteiger partial charge in [0.2, 0.25) is 0 Å². The maximum absolute atomic E-state index is 5.35. The topological polar surface area (TPSA) is 84.0 Å². The largest absolute Gasteiger partial charge is 0.358 e. The van der Waals surface area contributed by atoms with Gasteiger partial charge in [-0.2, -0.15) is 0 Å². The van der Waals surface area contributed by atoms with E-state index in [1.165, 1.54) is 64.5 Å². The van der Waals surface area contributed by atoms with E-state index in [0.29, 0.717) is 6.67 Å². The number of aliphatic imine (C=N–C) groups is 1. The first-order valence-electron chi connectivity index (χ1n) is 18.8. The summed E-state index contributed by atoms with van der Waals surface area (Å²) in [5, 5.41) is 8.09. The lowest BCUT2D eigenvalue weighted by molar-refractivity contribution is 0.923. The van der Waals surface area contributed by atoms with Crippen LogP contribution in [0.1, 0.15) is 36.2 Å². The van der Waals surface area contributed by atoms with Crippen LogP contribution >= 0.6 is 11.3 Å². The predicted molar refractivity (Wildman–Crippen MR) is 239 cm³/mol. The Labute approximate surface area is 326 Å². The van der Waals surface area contributed by atoms with Crippen LogP contribution in [0.25, 0.3) is 64.8 Å². The van der Waals surface area contributed by atoms with Gasteiger partial charge in [0.25, 0.3) is 0 Å². The monoisotopic (exact) mass is 738 g/mol. The zero-order chi connectivity index (χ0) is 38.1. The third kappa shape index (κ3) is 7.58. The highest BCUT2D eigenvalue weighted by molar-refractivity contribution is 7.26. The molecule has 0 bridgehead atoms. The molecule has 5 aromatic carbocycles. The van der Waals surface area contributed by atoms with Crippen molar-refractivity contribution in [2.24, 2.45) is 10.7 Å². The van der Waals surface area contributed by atoms with Crippen LogP contribution in [0, 0.1) is 6.92 Å². The molecular formula is C48H46N6S. The number of hydrogen-bond donors (Lipinski definition) is 3. The minimum absolute atomic E-state index is 0.404. The fourth-order valence-corrected chi connectivity index (χ4v) is 8.30. The van der Waals surface area contributed by atoms with E-state index in [9.17, 15) is 0 Å². The fraction of sp³-hybridized carbons (Fsp3) is 0.125. The Morgan fingerprint density at radius 1 is 0.782 bits per heavy atom. The van der Waals surface area contributed by atoms with Crippen molar-refractivity contribution in [3.63, 3.8) is 0 Å². The lowest BCUT2D eigenvalue weighted by atomic mass is 10.1. The average Bonchev–Trinajstić information content (AvgIpc) is 3.86. The number of aryl methyl sites for hydroxylation is 1. The number of nitrogens with two attached hydrogens (primary N) is 1. The Bertz CT molecular complexity index is 2780. The molecule has 4 heterocycles. The third-order valence-electron chi connectivity index (χ3n) is 9.55. The summed E-state index contributed by atoms with van der Waals surface area (Å²) < 4.78 is 4.93. The fourth-order valence-electron chi connectivity index (χ4n) is 7.08. The number of H-pyrrole nitrogens is 1. The molecule has 0 saturated carbocycles. The standard InChI is InChI=1S/C30H19N3S.C9H13N3.C7H8.C2H6/c1-4-10-23-19(7-1)20-15-13-18(14-16-24(20)32-23)33-25-11-5-2-8-21(25)28-26(33)17-31-29-22-9-3-6-12-27(22)34-30(28)29;1-11-9(12-7-10)8-5-3-2-4-6-8;1-7-5-3-2-4-6-7;1-2/h1-14,16-17,32H,15H2;2-6H,7,10H2,1H3,(H,11,12);2-6H,1H3;1-2H3. The van der Waals surface area contributed by atoms with Gasteiger partial charge in [-0.1, -0.05) is 141 Å². The number of fused-ring (bicyclic) bond motifs is 10. The van der Waals surface area contributed by atoms with Crippen molar-refractivity contribution in [2.75, 3.05) is 13.7 Å². The lowest BCUT2D eigenvalue weighted by Gasteiger charge is -2.08. The van der Waals surface area contributed by atoms with Gasteiger partial charge in [0, 0.05) is 55.8 Å². The van der Waals surface area contributed by atoms with Crippen LogP contribution in [-0.4, -0.2) is 34.1 Å². The molecule has 0 radical (unpaired) electrons. The summed E-state index contributed by atoms with van der Waals surface area (Å²) in [4.78, 5) is 12.6. The van der Waals surface area contributed by atoms with E-state index in [2.05, 4.69) is 136 Å². The molecule has 0 aliphatic heterocycles. The van der Waals surface area contributed by atoms with Crippen molar-refractivity contribution >= 4 is 82.0 Å². The van der Waals surface area contributed by atoms with Gasteiger partial charge in [-0.05, 0) is 49.3 Å². The van der Waals surface area contributed by atoms with Crippen LogP contribution in [0.4, 0.5) is 0 Å². The van der Waals surface area contributed by atoms with Crippen LogP contribution in [0.15, 0.2) is 157 Å². The number of nitrogens with zero attached hydrogens (tertiary/aromatic N) is 3. The molecule has 0 atom stereocenters. The number of benzene rings is 5. The van der Waals surface area contributed by atoms with Crippen LogP contribution < -0.4 is 11.1 Å². The van der Waals surface area contributed by atoms with Gasteiger partial charge in [0.05, 0.1) is 34.1 Å². The summed E-state index contributed by atoms with van der Waals surface area (Å²) in [6, 6.07) is 46.0. The maximum Gasteiger partial charge on any atom is 0.128 e. The van der Waals surface area contributed by atoms with Crippen molar-refractivity contribution < 1.29 is 0 Å². The summed E-state index contributed by atoms with van der Waals surface area (Å²) in [5.41, 5.74) is 16.1. The van der Waals surface area contributed by atoms with E-state index in [4.69, 9.17) is 10.7 Å². The first-order valence-corrected chi connectivity index (χ1v) is 19.6. The van der Waals surface area contributed by atoms with Gasteiger partial charge in [0.15, 0.2) is 0 Å². The van der Waals surface area contributed by atoms with E-state index >= 15 is 0 Å². The number of aromatic amines is 1. The van der Waals surface area contributed by atoms with Crippen LogP contribution in [0.3, 0.4) is 0 Å². The average molecular weight is 739 g/mol. The van der Waals surface area contributed by atoms with Gasteiger partial charge >= 0.3 is 0 Å². The maximum atomic E-state index is 5.35. The molecule has 55 heavy (non-hydrogen) atoms. The predicted octanol–water partition coefficient (Wildman–Crippen LogP) is 11.7. The molecule has 0 saturated heterocycles. The highest BCUT2D eigenvalue weighted by Crippen LogP contribution is 2.42. The van der Waals surface area contributed by atoms with Gasteiger partial charge < -0.3 is 20.6 Å². The second-order valence-electron chi connectivity index (χ2n) is 12.9. The molecular weight excluding hydrogens is 693 g/mol. The Kier molecular flexibility index (Phi) is 11.6. The van der Waals surface area contributed by atoms with Crippen molar-refractivity contribution in [2.45, 2.75) is 27.2 Å². The lowest BCUT2D eigenvalue weighted by Crippen LogP contribution is -2.30. The number of aromatic nitrogens is 3. The molecule has 6 nitrogen and oxygen atoms in total. The normalized spacial score (nSPS) is 12.2. The number of pyridine rings is 1. The SMILES string of the molecule is C1=Cc2[nH]c3ccccc3c2CC=C1n1c2ccccc2c2c3sc4ccccc4c3ncc21.CC.CN=C(NCN)c1ccccc1.Cc1ccccc1. The highest BCUT2D eigenvalue weighted by Gasteiger charge is 2.19. The molecule has 1 aliphatic rings. The Morgan fingerprint density at radius 2 is 1.44 bits per heavy atom. The minimum atomic E-state index is 0.404. The van der Waals surface area contributed by atoms with Gasteiger partial charge in [-0.3, -0.25) is 9.98 Å². The Hall–Kier alpha value is -6.28. The first-order chi connectivity index (χ1) is 27.1. The second-order valence-corrected chi connectivity index (χ2v) is 13.9. The zero-order valence-corrected chi connectivity index (χ0v) is 32.6. The van der Waals surface area contributed by atoms with E-state index in [-0.39, 0.29) is 0 Å². The van der Waals surface area contributed by atoms with E-state index < -0.39 is 0 Å². The van der Waals surface area contributed by atoms with Gasteiger partial charge in [-0.25, -0.2) is 0 Å².